The van der Waals surface area contributed by atoms with E-state index in [-0.39, 0.29) is 5.92 Å². The molecule has 2 N–H and O–H groups in total. The fourth-order valence-corrected chi connectivity index (χ4v) is 3.77. The Bertz CT molecular complexity index is 932. The molecule has 0 radical (unpaired) electrons. The van der Waals surface area contributed by atoms with E-state index < -0.39 is 29.2 Å². The first-order chi connectivity index (χ1) is 14.6. The SMILES string of the molecule is Cc1cc(CN2CCC(CNC(=O)C(=O)Nc3ccccc3C(F)(F)F)CC2)c(C)o1. The summed E-state index contributed by atoms with van der Waals surface area (Å²) in [5.74, 6) is -0.0299. The number of amides is 2. The first kappa shape index (κ1) is 22.9. The van der Waals surface area contributed by atoms with Crippen molar-refractivity contribution in [2.24, 2.45) is 5.92 Å². The Kier molecular flexibility index (Phi) is 7.04. The van der Waals surface area contributed by atoms with Crippen LogP contribution in [0.25, 0.3) is 0 Å². The molecule has 2 amide bonds. The van der Waals surface area contributed by atoms with Crippen LogP contribution in [0.2, 0.25) is 0 Å². The van der Waals surface area contributed by atoms with E-state index in [1.165, 1.54) is 17.7 Å². The van der Waals surface area contributed by atoms with Crippen molar-refractivity contribution in [3.05, 3.63) is 53.0 Å². The highest BCUT2D eigenvalue weighted by Gasteiger charge is 2.34. The highest BCUT2D eigenvalue weighted by Crippen LogP contribution is 2.34. The molecule has 1 saturated heterocycles. The van der Waals surface area contributed by atoms with E-state index in [1.807, 2.05) is 19.9 Å². The molecule has 0 saturated carbocycles. The number of carbonyl (C=O) groups excluding carboxylic acids is 2. The van der Waals surface area contributed by atoms with Gasteiger partial charge in [-0.3, -0.25) is 14.5 Å². The van der Waals surface area contributed by atoms with Gasteiger partial charge in [0.1, 0.15) is 11.5 Å². The van der Waals surface area contributed by atoms with Crippen LogP contribution in [0.4, 0.5) is 18.9 Å². The predicted octanol–water partition coefficient (Wildman–Crippen LogP) is 3.88. The van der Waals surface area contributed by atoms with Gasteiger partial charge in [0.25, 0.3) is 0 Å². The van der Waals surface area contributed by atoms with Crippen LogP contribution in [0.15, 0.2) is 34.7 Å². The number of carbonyl (C=O) groups is 2. The summed E-state index contributed by atoms with van der Waals surface area (Å²) in [4.78, 5) is 26.4. The Balaban J connectivity index is 1.44. The Morgan fingerprint density at radius 2 is 1.81 bits per heavy atom. The molecule has 31 heavy (non-hydrogen) atoms. The molecule has 9 heteroatoms. The van der Waals surface area contributed by atoms with Crippen LogP contribution in [0.1, 0.15) is 35.5 Å². The molecule has 168 valence electrons. The number of para-hydroxylation sites is 1. The van der Waals surface area contributed by atoms with Crippen molar-refractivity contribution in [1.29, 1.82) is 0 Å². The second-order valence-corrected chi connectivity index (χ2v) is 7.87. The number of rotatable bonds is 5. The highest BCUT2D eigenvalue weighted by atomic mass is 19.4. The monoisotopic (exact) mass is 437 g/mol. The number of furan rings is 1. The summed E-state index contributed by atoms with van der Waals surface area (Å²) >= 11 is 0. The van der Waals surface area contributed by atoms with Crippen molar-refractivity contribution in [2.75, 3.05) is 25.0 Å². The number of anilines is 1. The molecule has 0 unspecified atom stereocenters. The smallest absolute Gasteiger partial charge is 0.418 e. The van der Waals surface area contributed by atoms with Crippen LogP contribution in [0.5, 0.6) is 0 Å². The minimum absolute atomic E-state index is 0.211. The number of nitrogens with one attached hydrogen (secondary N) is 2. The number of hydrogen-bond donors (Lipinski definition) is 2. The number of benzene rings is 1. The number of hydrogen-bond acceptors (Lipinski definition) is 4. The molecule has 2 heterocycles. The lowest BCUT2D eigenvalue weighted by molar-refractivity contribution is -0.138. The van der Waals surface area contributed by atoms with E-state index in [0.717, 1.165) is 56.1 Å². The lowest BCUT2D eigenvalue weighted by Crippen LogP contribution is -2.41. The summed E-state index contributed by atoms with van der Waals surface area (Å²) in [5.41, 5.74) is -0.264. The molecule has 1 aliphatic heterocycles. The fraction of sp³-hybridized carbons (Fsp3) is 0.455. The molecular formula is C22H26F3N3O3. The Hall–Kier alpha value is -2.81. The predicted molar refractivity (Wildman–Crippen MR) is 109 cm³/mol. The third kappa shape index (κ3) is 6.10. The van der Waals surface area contributed by atoms with Crippen molar-refractivity contribution in [2.45, 2.75) is 39.4 Å². The lowest BCUT2D eigenvalue weighted by atomic mass is 9.96. The maximum Gasteiger partial charge on any atom is 0.418 e. The van der Waals surface area contributed by atoms with Crippen molar-refractivity contribution in [3.63, 3.8) is 0 Å². The second kappa shape index (κ2) is 9.55. The minimum Gasteiger partial charge on any atom is -0.466 e. The van der Waals surface area contributed by atoms with Gasteiger partial charge in [0.05, 0.1) is 11.3 Å². The van der Waals surface area contributed by atoms with Crippen LogP contribution >= 0.6 is 0 Å². The van der Waals surface area contributed by atoms with E-state index in [4.69, 9.17) is 4.42 Å². The summed E-state index contributed by atoms with van der Waals surface area (Å²) in [6.07, 6.45) is -2.91. The van der Waals surface area contributed by atoms with Gasteiger partial charge in [0, 0.05) is 18.7 Å². The van der Waals surface area contributed by atoms with Gasteiger partial charge in [-0.15, -0.1) is 0 Å². The fourth-order valence-electron chi connectivity index (χ4n) is 3.77. The van der Waals surface area contributed by atoms with Crippen molar-refractivity contribution in [1.82, 2.24) is 10.2 Å². The number of likely N-dealkylation sites (tertiary alicyclic amines) is 1. The molecular weight excluding hydrogens is 411 g/mol. The molecule has 0 spiro atoms. The number of halogens is 3. The van der Waals surface area contributed by atoms with Gasteiger partial charge in [0.2, 0.25) is 0 Å². The number of nitrogens with zero attached hydrogens (tertiary/aromatic N) is 1. The lowest BCUT2D eigenvalue weighted by Gasteiger charge is -2.31. The first-order valence-corrected chi connectivity index (χ1v) is 10.2. The summed E-state index contributed by atoms with van der Waals surface area (Å²) in [5, 5.41) is 4.60. The molecule has 6 nitrogen and oxygen atoms in total. The van der Waals surface area contributed by atoms with Gasteiger partial charge < -0.3 is 15.1 Å². The van der Waals surface area contributed by atoms with Gasteiger partial charge in [0.15, 0.2) is 0 Å². The largest absolute Gasteiger partial charge is 0.466 e. The van der Waals surface area contributed by atoms with Crippen molar-refractivity contribution < 1.29 is 27.2 Å². The van der Waals surface area contributed by atoms with E-state index in [0.29, 0.717) is 6.54 Å². The molecule has 1 aromatic carbocycles. The summed E-state index contributed by atoms with van der Waals surface area (Å²) in [7, 11) is 0. The molecule has 0 aliphatic carbocycles. The van der Waals surface area contributed by atoms with Gasteiger partial charge in [-0.1, -0.05) is 12.1 Å². The van der Waals surface area contributed by atoms with Crippen LogP contribution in [-0.2, 0) is 22.3 Å². The normalized spacial score (nSPS) is 15.6. The van der Waals surface area contributed by atoms with Crippen LogP contribution in [0.3, 0.4) is 0 Å². The average molecular weight is 437 g/mol. The molecule has 1 aromatic heterocycles. The van der Waals surface area contributed by atoms with Crippen LogP contribution < -0.4 is 10.6 Å². The summed E-state index contributed by atoms with van der Waals surface area (Å²) < 4.78 is 44.6. The van der Waals surface area contributed by atoms with Crippen molar-refractivity contribution in [3.8, 4) is 0 Å². The Morgan fingerprint density at radius 1 is 1.13 bits per heavy atom. The van der Waals surface area contributed by atoms with Crippen LogP contribution in [-0.4, -0.2) is 36.3 Å². The quantitative estimate of drug-likeness (QED) is 0.697. The van der Waals surface area contributed by atoms with Gasteiger partial charge in [-0.2, -0.15) is 13.2 Å². The molecule has 0 bridgehead atoms. The standard InChI is InChI=1S/C22H26F3N3O3/c1-14-11-17(15(2)31-14)13-28-9-7-16(8-10-28)12-26-20(29)21(30)27-19-6-4-3-5-18(19)22(23,24)25/h3-6,11,16H,7-10,12-13H2,1-2H3,(H,26,29)(H,27,30). The maximum atomic E-state index is 13.0. The van der Waals surface area contributed by atoms with Crippen molar-refractivity contribution >= 4 is 17.5 Å². The van der Waals surface area contributed by atoms with E-state index >= 15 is 0 Å². The average Bonchev–Trinajstić information content (AvgIpc) is 3.03. The number of aryl methyl sites for hydroxylation is 2. The Labute approximate surface area is 178 Å². The first-order valence-electron chi connectivity index (χ1n) is 10.2. The second-order valence-electron chi connectivity index (χ2n) is 7.87. The molecule has 3 rings (SSSR count). The molecule has 2 aromatic rings. The number of piperidine rings is 1. The molecule has 1 fully saturated rings. The minimum atomic E-state index is -4.62. The summed E-state index contributed by atoms with van der Waals surface area (Å²) in [6.45, 7) is 6.70. The van der Waals surface area contributed by atoms with E-state index in [2.05, 4.69) is 15.5 Å². The zero-order valence-corrected chi connectivity index (χ0v) is 17.5. The third-order valence-electron chi connectivity index (χ3n) is 5.48. The number of alkyl halides is 3. The summed E-state index contributed by atoms with van der Waals surface area (Å²) in [6, 6.07) is 6.60. The zero-order chi connectivity index (χ0) is 22.6. The van der Waals surface area contributed by atoms with E-state index in [1.54, 1.807) is 0 Å². The topological polar surface area (TPSA) is 74.6 Å². The molecule has 0 atom stereocenters. The van der Waals surface area contributed by atoms with Gasteiger partial charge in [-0.25, -0.2) is 0 Å². The van der Waals surface area contributed by atoms with Crippen LogP contribution in [0, 0.1) is 19.8 Å². The molecule has 1 aliphatic rings. The Morgan fingerprint density at radius 3 is 2.42 bits per heavy atom. The zero-order valence-electron chi connectivity index (χ0n) is 17.5. The third-order valence-corrected chi connectivity index (χ3v) is 5.48. The van der Waals surface area contributed by atoms with Gasteiger partial charge >= 0.3 is 18.0 Å². The van der Waals surface area contributed by atoms with Gasteiger partial charge in [-0.05, 0) is 63.9 Å². The highest BCUT2D eigenvalue weighted by molar-refractivity contribution is 6.39. The van der Waals surface area contributed by atoms with E-state index in [9.17, 15) is 22.8 Å². The maximum absolute atomic E-state index is 13.0.